The van der Waals surface area contributed by atoms with Crippen molar-refractivity contribution in [2.24, 2.45) is 5.10 Å². The summed E-state index contributed by atoms with van der Waals surface area (Å²) in [6.07, 6.45) is 2.42. The van der Waals surface area contributed by atoms with Gasteiger partial charge in [0.1, 0.15) is 11.9 Å². The van der Waals surface area contributed by atoms with Gasteiger partial charge in [0, 0.05) is 5.56 Å². The molecule has 1 aromatic heterocycles. The Bertz CT molecular complexity index is 585. The predicted molar refractivity (Wildman–Crippen MR) is 58.8 cm³/mol. The number of aromatic nitrogens is 1. The molecule has 1 aromatic carbocycles. The number of hydrogen-bond acceptors (Lipinski definition) is 5. The molecule has 0 atom stereocenters. The summed E-state index contributed by atoms with van der Waals surface area (Å²) in [5, 5.41) is 12.4. The number of anilines is 1. The Labute approximate surface area is 96.2 Å². The topological polar surface area (TPSA) is 74.2 Å². The van der Waals surface area contributed by atoms with Gasteiger partial charge in [-0.25, -0.2) is 14.8 Å². The third kappa shape index (κ3) is 2.46. The van der Waals surface area contributed by atoms with Crippen LogP contribution in [0.4, 0.5) is 10.3 Å². The van der Waals surface area contributed by atoms with Crippen LogP contribution < -0.4 is 5.43 Å². The van der Waals surface area contributed by atoms with E-state index in [1.165, 1.54) is 12.3 Å². The summed E-state index contributed by atoms with van der Waals surface area (Å²) in [4.78, 5) is 3.64. The van der Waals surface area contributed by atoms with Crippen LogP contribution in [0.15, 0.2) is 40.2 Å². The first-order chi connectivity index (χ1) is 8.31. The number of hydrazone groups is 1. The van der Waals surface area contributed by atoms with E-state index >= 15 is 0 Å². The van der Waals surface area contributed by atoms with Crippen molar-refractivity contribution in [3.8, 4) is 6.07 Å². The highest BCUT2D eigenvalue weighted by Crippen LogP contribution is 2.11. The number of nitriles is 1. The van der Waals surface area contributed by atoms with Crippen LogP contribution in [0.2, 0.25) is 0 Å². The highest BCUT2D eigenvalue weighted by atomic mass is 19.1. The van der Waals surface area contributed by atoms with Gasteiger partial charge in [-0.2, -0.15) is 10.4 Å². The lowest BCUT2D eigenvalue weighted by molar-refractivity contribution is 0.570. The van der Waals surface area contributed by atoms with E-state index in [9.17, 15) is 4.39 Å². The second kappa shape index (κ2) is 4.90. The zero-order chi connectivity index (χ0) is 12.1. The van der Waals surface area contributed by atoms with Gasteiger partial charge in [-0.15, -0.1) is 0 Å². The van der Waals surface area contributed by atoms with Crippen LogP contribution in [-0.2, 0) is 0 Å². The number of hydrogen-bond donors (Lipinski definition) is 1. The zero-order valence-corrected chi connectivity index (χ0v) is 8.59. The minimum absolute atomic E-state index is 0.0932. The molecule has 0 unspecified atom stereocenters. The summed E-state index contributed by atoms with van der Waals surface area (Å²) in [5.41, 5.74) is 2.90. The Morgan fingerprint density at radius 2 is 2.29 bits per heavy atom. The predicted octanol–water partition coefficient (Wildman–Crippen LogP) is 2.13. The van der Waals surface area contributed by atoms with Gasteiger partial charge in [-0.1, -0.05) is 18.2 Å². The van der Waals surface area contributed by atoms with Gasteiger partial charge in [-0.3, -0.25) is 0 Å². The molecule has 6 heteroatoms. The molecule has 2 aromatic rings. The average Bonchev–Trinajstić information content (AvgIpc) is 2.79. The normalized spacial score (nSPS) is 10.4. The van der Waals surface area contributed by atoms with Crippen molar-refractivity contribution in [3.63, 3.8) is 0 Å². The quantitative estimate of drug-likeness (QED) is 0.647. The molecule has 0 radical (unpaired) electrons. The number of nitrogens with one attached hydrogen (secondary N) is 1. The summed E-state index contributed by atoms with van der Waals surface area (Å²) in [5.74, 6) is -0.254. The third-order valence-corrected chi connectivity index (χ3v) is 1.95. The molecule has 1 heterocycles. The average molecular weight is 230 g/mol. The molecule has 84 valence electrons. The molecule has 0 bridgehead atoms. The van der Waals surface area contributed by atoms with Crippen LogP contribution in [0, 0.1) is 17.1 Å². The van der Waals surface area contributed by atoms with E-state index in [1.807, 2.05) is 6.07 Å². The van der Waals surface area contributed by atoms with Crippen LogP contribution in [0.1, 0.15) is 11.3 Å². The van der Waals surface area contributed by atoms with E-state index in [0.717, 1.165) is 6.39 Å². The van der Waals surface area contributed by atoms with Crippen molar-refractivity contribution in [1.82, 2.24) is 4.98 Å². The van der Waals surface area contributed by atoms with Crippen LogP contribution in [-0.4, -0.2) is 11.2 Å². The molecule has 5 nitrogen and oxygen atoms in total. The van der Waals surface area contributed by atoms with Gasteiger partial charge in [-0.05, 0) is 6.07 Å². The first-order valence-electron chi connectivity index (χ1n) is 4.68. The van der Waals surface area contributed by atoms with E-state index in [2.05, 4.69) is 15.5 Å². The second-order valence-electron chi connectivity index (χ2n) is 3.03. The summed E-state index contributed by atoms with van der Waals surface area (Å²) in [7, 11) is 0. The van der Waals surface area contributed by atoms with Crippen molar-refractivity contribution < 1.29 is 8.81 Å². The molecule has 0 saturated carbocycles. The Morgan fingerprint density at radius 1 is 1.47 bits per heavy atom. The summed E-state index contributed by atoms with van der Waals surface area (Å²) in [6, 6.07) is 8.01. The maximum atomic E-state index is 13.2. The second-order valence-corrected chi connectivity index (χ2v) is 3.03. The first-order valence-corrected chi connectivity index (χ1v) is 4.68. The van der Waals surface area contributed by atoms with Gasteiger partial charge in [0.15, 0.2) is 6.39 Å². The molecule has 0 aliphatic heterocycles. The van der Waals surface area contributed by atoms with Crippen LogP contribution in [0.3, 0.4) is 0 Å². The van der Waals surface area contributed by atoms with E-state index in [-0.39, 0.29) is 17.4 Å². The fourth-order valence-corrected chi connectivity index (χ4v) is 1.15. The fourth-order valence-electron chi connectivity index (χ4n) is 1.15. The molecule has 0 aliphatic rings. The Morgan fingerprint density at radius 3 is 3.06 bits per heavy atom. The maximum Gasteiger partial charge on any atom is 0.251 e. The van der Waals surface area contributed by atoms with Gasteiger partial charge in [0.25, 0.3) is 5.88 Å². The molecule has 1 N–H and O–H groups in total. The van der Waals surface area contributed by atoms with Crippen molar-refractivity contribution in [2.75, 3.05) is 5.43 Å². The molecular weight excluding hydrogens is 223 g/mol. The lowest BCUT2D eigenvalue weighted by Crippen LogP contribution is -1.93. The number of halogens is 1. The molecule has 0 amide bonds. The number of rotatable bonds is 3. The SMILES string of the molecule is N#Cc1ncoc1N/N=C/c1ccccc1F. The lowest BCUT2D eigenvalue weighted by atomic mass is 10.2. The summed E-state index contributed by atoms with van der Waals surface area (Å²) in [6.45, 7) is 0. The number of benzene rings is 1. The van der Waals surface area contributed by atoms with Crippen molar-refractivity contribution in [3.05, 3.63) is 47.7 Å². The van der Waals surface area contributed by atoms with Gasteiger partial charge < -0.3 is 4.42 Å². The molecule has 0 aliphatic carbocycles. The molecule has 0 spiro atoms. The van der Waals surface area contributed by atoms with Crippen molar-refractivity contribution in [1.29, 1.82) is 5.26 Å². The largest absolute Gasteiger partial charge is 0.425 e. The Balaban J connectivity index is 2.09. The first kappa shape index (κ1) is 10.8. The van der Waals surface area contributed by atoms with E-state index < -0.39 is 0 Å². The molecular formula is C11H7FN4O. The number of oxazole rings is 1. The van der Waals surface area contributed by atoms with Crippen LogP contribution in [0.25, 0.3) is 0 Å². The Hall–Kier alpha value is -2.68. The minimum Gasteiger partial charge on any atom is -0.425 e. The highest BCUT2D eigenvalue weighted by Gasteiger charge is 2.04. The number of nitrogens with zero attached hydrogens (tertiary/aromatic N) is 3. The summed E-state index contributed by atoms with van der Waals surface area (Å²) < 4.78 is 18.1. The lowest BCUT2D eigenvalue weighted by Gasteiger charge is -1.95. The van der Waals surface area contributed by atoms with Gasteiger partial charge in [0.05, 0.1) is 6.21 Å². The smallest absolute Gasteiger partial charge is 0.251 e. The maximum absolute atomic E-state index is 13.2. The molecule has 0 fully saturated rings. The molecule has 17 heavy (non-hydrogen) atoms. The fraction of sp³-hybridized carbons (Fsp3) is 0. The standard InChI is InChI=1S/C11H7FN4O/c12-9-4-2-1-3-8(9)6-15-16-11-10(5-13)14-7-17-11/h1-4,6-7,16H/b15-6+. The van der Waals surface area contributed by atoms with Crippen molar-refractivity contribution >= 4 is 12.1 Å². The minimum atomic E-state index is -0.379. The molecule has 0 saturated heterocycles. The van der Waals surface area contributed by atoms with Gasteiger partial charge >= 0.3 is 0 Å². The monoisotopic (exact) mass is 230 g/mol. The van der Waals surface area contributed by atoms with Crippen LogP contribution >= 0.6 is 0 Å². The van der Waals surface area contributed by atoms with E-state index in [1.54, 1.807) is 18.2 Å². The highest BCUT2D eigenvalue weighted by molar-refractivity contribution is 5.80. The Kier molecular flexibility index (Phi) is 3.12. The van der Waals surface area contributed by atoms with Crippen LogP contribution in [0.5, 0.6) is 0 Å². The van der Waals surface area contributed by atoms with E-state index in [0.29, 0.717) is 5.56 Å². The zero-order valence-electron chi connectivity index (χ0n) is 8.59. The van der Waals surface area contributed by atoms with E-state index in [4.69, 9.17) is 9.68 Å². The molecule has 2 rings (SSSR count). The third-order valence-electron chi connectivity index (χ3n) is 1.95. The van der Waals surface area contributed by atoms with Gasteiger partial charge in [0.2, 0.25) is 5.69 Å². The summed E-state index contributed by atoms with van der Waals surface area (Å²) >= 11 is 0. The van der Waals surface area contributed by atoms with Crippen molar-refractivity contribution in [2.45, 2.75) is 0 Å².